The normalized spacial score (nSPS) is 32.5. The summed E-state index contributed by atoms with van der Waals surface area (Å²) in [5, 5.41) is 0. The largest absolute Gasteiger partial charge is 0.340 e. The van der Waals surface area contributed by atoms with Crippen molar-refractivity contribution in [2.45, 2.75) is 38.1 Å². The summed E-state index contributed by atoms with van der Waals surface area (Å²) in [4.78, 5) is 30.9. The minimum absolute atomic E-state index is 0.161. The monoisotopic (exact) mass is 279 g/mol. The van der Waals surface area contributed by atoms with Gasteiger partial charge in [0, 0.05) is 32.6 Å². The Balaban J connectivity index is 1.66. The summed E-state index contributed by atoms with van der Waals surface area (Å²) in [5.41, 5.74) is 0. The van der Waals surface area contributed by atoms with Crippen molar-refractivity contribution in [2.24, 2.45) is 5.92 Å². The number of nitrogens with zero attached hydrogens (tertiary/aromatic N) is 3. The molecular formula is C15H25N3O2. The van der Waals surface area contributed by atoms with E-state index in [2.05, 4.69) is 11.9 Å². The van der Waals surface area contributed by atoms with Crippen LogP contribution in [0.3, 0.4) is 0 Å². The van der Waals surface area contributed by atoms with E-state index in [4.69, 9.17) is 0 Å². The molecule has 0 N–H and O–H groups in total. The molecule has 112 valence electrons. The maximum absolute atomic E-state index is 12.6. The van der Waals surface area contributed by atoms with Crippen LogP contribution < -0.4 is 0 Å². The first-order valence-electron chi connectivity index (χ1n) is 7.92. The molecule has 0 bridgehead atoms. The van der Waals surface area contributed by atoms with E-state index >= 15 is 0 Å². The van der Waals surface area contributed by atoms with Crippen molar-refractivity contribution in [1.82, 2.24) is 14.7 Å². The Kier molecular flexibility index (Phi) is 3.96. The predicted octanol–water partition coefficient (Wildman–Crippen LogP) is 0.552. The second kappa shape index (κ2) is 5.72. The zero-order valence-corrected chi connectivity index (χ0v) is 12.4. The molecule has 0 aromatic rings. The molecule has 20 heavy (non-hydrogen) atoms. The molecule has 5 heteroatoms. The minimum Gasteiger partial charge on any atom is -0.340 e. The fourth-order valence-corrected chi connectivity index (χ4v) is 3.93. The molecule has 0 saturated carbocycles. The standard InChI is InChI=1S/C15H25N3O2/c1-16-7-2-4-12(10-16)11-17-9-6-14(19)18-8-3-5-13(18)15(17)20/h12-13H,2-11H2,1H3. The number of carbonyl (C=O) groups is 2. The van der Waals surface area contributed by atoms with Gasteiger partial charge in [0.05, 0.1) is 0 Å². The summed E-state index contributed by atoms with van der Waals surface area (Å²) in [5.74, 6) is 0.937. The molecule has 2 unspecified atom stereocenters. The van der Waals surface area contributed by atoms with Crippen LogP contribution in [-0.4, -0.2) is 72.3 Å². The van der Waals surface area contributed by atoms with E-state index in [1.165, 1.54) is 19.4 Å². The molecule has 0 aliphatic carbocycles. The van der Waals surface area contributed by atoms with Gasteiger partial charge in [-0.1, -0.05) is 0 Å². The second-order valence-corrected chi connectivity index (χ2v) is 6.55. The van der Waals surface area contributed by atoms with E-state index in [-0.39, 0.29) is 17.9 Å². The van der Waals surface area contributed by atoms with Crippen molar-refractivity contribution < 1.29 is 9.59 Å². The Hall–Kier alpha value is -1.10. The fourth-order valence-electron chi connectivity index (χ4n) is 3.93. The summed E-state index contributed by atoms with van der Waals surface area (Å²) in [6.07, 6.45) is 4.76. The van der Waals surface area contributed by atoms with E-state index in [1.54, 1.807) is 0 Å². The van der Waals surface area contributed by atoms with E-state index < -0.39 is 0 Å². The van der Waals surface area contributed by atoms with Crippen LogP contribution in [0.15, 0.2) is 0 Å². The lowest BCUT2D eigenvalue weighted by molar-refractivity contribution is -0.139. The molecular weight excluding hydrogens is 254 g/mol. The SMILES string of the molecule is CN1CCCC(CN2CCC(=O)N3CCCC3C2=O)C1. The Morgan fingerprint density at radius 2 is 1.90 bits per heavy atom. The average Bonchev–Trinajstić information content (AvgIpc) is 2.88. The topological polar surface area (TPSA) is 43.9 Å². The Morgan fingerprint density at radius 1 is 1.10 bits per heavy atom. The summed E-state index contributed by atoms with van der Waals surface area (Å²) in [6.45, 7) is 4.46. The quantitative estimate of drug-likeness (QED) is 0.741. The summed E-state index contributed by atoms with van der Waals surface area (Å²) in [6, 6.07) is -0.161. The van der Waals surface area contributed by atoms with Gasteiger partial charge in [0.2, 0.25) is 11.8 Å². The molecule has 3 aliphatic rings. The summed E-state index contributed by atoms with van der Waals surface area (Å²) in [7, 11) is 2.15. The van der Waals surface area contributed by atoms with Gasteiger partial charge in [0.1, 0.15) is 6.04 Å². The lowest BCUT2D eigenvalue weighted by Gasteiger charge is -2.34. The number of amides is 2. The van der Waals surface area contributed by atoms with Crippen molar-refractivity contribution in [2.75, 3.05) is 39.8 Å². The molecule has 0 radical (unpaired) electrons. The lowest BCUT2D eigenvalue weighted by atomic mass is 9.97. The van der Waals surface area contributed by atoms with Crippen molar-refractivity contribution in [1.29, 1.82) is 0 Å². The first-order valence-corrected chi connectivity index (χ1v) is 7.92. The molecule has 3 fully saturated rings. The van der Waals surface area contributed by atoms with Gasteiger partial charge in [-0.15, -0.1) is 0 Å². The van der Waals surface area contributed by atoms with Crippen LogP contribution in [0.4, 0.5) is 0 Å². The van der Waals surface area contributed by atoms with E-state index in [0.717, 1.165) is 32.5 Å². The fraction of sp³-hybridized carbons (Fsp3) is 0.867. The minimum atomic E-state index is -0.161. The van der Waals surface area contributed by atoms with Crippen molar-refractivity contribution >= 4 is 11.8 Å². The predicted molar refractivity (Wildman–Crippen MR) is 76.2 cm³/mol. The molecule has 3 rings (SSSR count). The van der Waals surface area contributed by atoms with Crippen molar-refractivity contribution in [3.8, 4) is 0 Å². The van der Waals surface area contributed by atoms with Gasteiger partial charge >= 0.3 is 0 Å². The van der Waals surface area contributed by atoms with Crippen LogP contribution >= 0.6 is 0 Å². The highest BCUT2D eigenvalue weighted by molar-refractivity contribution is 5.90. The second-order valence-electron chi connectivity index (χ2n) is 6.55. The van der Waals surface area contributed by atoms with Crippen LogP contribution in [0.1, 0.15) is 32.1 Å². The zero-order chi connectivity index (χ0) is 14.1. The molecule has 0 spiro atoms. The van der Waals surface area contributed by atoms with Gasteiger partial charge in [-0.25, -0.2) is 0 Å². The molecule has 3 saturated heterocycles. The zero-order valence-electron chi connectivity index (χ0n) is 12.4. The number of fused-ring (bicyclic) bond motifs is 1. The highest BCUT2D eigenvalue weighted by atomic mass is 16.2. The van der Waals surface area contributed by atoms with Gasteiger partial charge in [0.15, 0.2) is 0 Å². The van der Waals surface area contributed by atoms with Crippen molar-refractivity contribution in [3.63, 3.8) is 0 Å². The van der Waals surface area contributed by atoms with Gasteiger partial charge < -0.3 is 14.7 Å². The third-order valence-electron chi connectivity index (χ3n) is 4.97. The smallest absolute Gasteiger partial charge is 0.245 e. The number of rotatable bonds is 2. The van der Waals surface area contributed by atoms with Gasteiger partial charge in [-0.2, -0.15) is 0 Å². The lowest BCUT2D eigenvalue weighted by Crippen LogP contribution is -2.46. The molecule has 0 aromatic carbocycles. The number of likely N-dealkylation sites (tertiary alicyclic amines) is 1. The highest BCUT2D eigenvalue weighted by Crippen LogP contribution is 2.25. The number of carbonyl (C=O) groups excluding carboxylic acids is 2. The number of piperidine rings is 1. The van der Waals surface area contributed by atoms with E-state index in [0.29, 0.717) is 18.9 Å². The molecule has 5 nitrogen and oxygen atoms in total. The Labute approximate surface area is 120 Å². The number of hydrogen-bond acceptors (Lipinski definition) is 3. The van der Waals surface area contributed by atoms with Crippen molar-refractivity contribution in [3.05, 3.63) is 0 Å². The molecule has 2 atom stereocenters. The van der Waals surface area contributed by atoms with Gasteiger partial charge in [-0.05, 0) is 45.2 Å². The molecule has 3 heterocycles. The van der Waals surface area contributed by atoms with Crippen LogP contribution in [0.25, 0.3) is 0 Å². The van der Waals surface area contributed by atoms with Crippen LogP contribution in [0.5, 0.6) is 0 Å². The third-order valence-corrected chi connectivity index (χ3v) is 4.97. The third kappa shape index (κ3) is 2.68. The highest BCUT2D eigenvalue weighted by Gasteiger charge is 2.39. The maximum Gasteiger partial charge on any atom is 0.245 e. The van der Waals surface area contributed by atoms with Crippen LogP contribution in [0, 0.1) is 5.92 Å². The first kappa shape index (κ1) is 13.9. The van der Waals surface area contributed by atoms with Crippen LogP contribution in [-0.2, 0) is 9.59 Å². The van der Waals surface area contributed by atoms with Gasteiger partial charge in [0.25, 0.3) is 0 Å². The first-order chi connectivity index (χ1) is 9.65. The maximum atomic E-state index is 12.6. The summed E-state index contributed by atoms with van der Waals surface area (Å²) < 4.78 is 0. The van der Waals surface area contributed by atoms with E-state index in [1.807, 2.05) is 9.80 Å². The Bertz CT molecular complexity index is 399. The molecule has 0 aromatic heterocycles. The average molecular weight is 279 g/mol. The Morgan fingerprint density at radius 3 is 2.70 bits per heavy atom. The summed E-state index contributed by atoms with van der Waals surface area (Å²) >= 11 is 0. The van der Waals surface area contributed by atoms with Gasteiger partial charge in [-0.3, -0.25) is 9.59 Å². The molecule has 2 amide bonds. The molecule has 3 aliphatic heterocycles. The van der Waals surface area contributed by atoms with E-state index in [9.17, 15) is 9.59 Å². The number of hydrogen-bond donors (Lipinski definition) is 0. The van der Waals surface area contributed by atoms with Crippen LogP contribution in [0.2, 0.25) is 0 Å².